The van der Waals surface area contributed by atoms with Crippen molar-refractivity contribution < 1.29 is 4.79 Å². The van der Waals surface area contributed by atoms with Crippen LogP contribution < -0.4 is 5.32 Å². The molecule has 0 aliphatic heterocycles. The van der Waals surface area contributed by atoms with E-state index in [2.05, 4.69) is 29.1 Å². The molecule has 0 saturated heterocycles. The predicted octanol–water partition coefficient (Wildman–Crippen LogP) is 2.51. The molecule has 0 bridgehead atoms. The van der Waals surface area contributed by atoms with Crippen LogP contribution in [0.5, 0.6) is 0 Å². The highest BCUT2D eigenvalue weighted by Crippen LogP contribution is 2.29. The summed E-state index contributed by atoms with van der Waals surface area (Å²) in [5.74, 6) is 1.74. The Morgan fingerprint density at radius 2 is 2.11 bits per heavy atom. The van der Waals surface area contributed by atoms with Crippen molar-refractivity contribution in [2.45, 2.75) is 44.3 Å². The lowest BCUT2D eigenvalue weighted by atomic mass is 9.78. The fourth-order valence-corrected chi connectivity index (χ4v) is 3.14. The molecule has 1 saturated carbocycles. The van der Waals surface area contributed by atoms with E-state index < -0.39 is 0 Å². The van der Waals surface area contributed by atoms with E-state index in [1.165, 1.54) is 24.6 Å². The normalized spacial score (nSPS) is 26.9. The highest BCUT2D eigenvalue weighted by molar-refractivity contribution is 7.99. The average molecular weight is 279 g/mol. The molecular formula is C14H21N3OS. The summed E-state index contributed by atoms with van der Waals surface area (Å²) < 4.78 is 0. The van der Waals surface area contributed by atoms with Gasteiger partial charge in [0, 0.05) is 18.4 Å². The molecule has 4 nitrogen and oxygen atoms in total. The zero-order chi connectivity index (χ0) is 13.7. The van der Waals surface area contributed by atoms with Gasteiger partial charge in [0.2, 0.25) is 5.91 Å². The first-order valence-electron chi connectivity index (χ1n) is 6.86. The van der Waals surface area contributed by atoms with E-state index in [9.17, 15) is 4.79 Å². The monoisotopic (exact) mass is 279 g/mol. The molecule has 19 heavy (non-hydrogen) atoms. The second kappa shape index (κ2) is 6.89. The first-order chi connectivity index (χ1) is 9.16. The number of rotatable bonds is 4. The van der Waals surface area contributed by atoms with Crippen molar-refractivity contribution in [3.63, 3.8) is 0 Å². The third kappa shape index (κ3) is 4.20. The standard InChI is InChI=1S/C14H21N3OS/c1-10-5-3-6-12(11(10)2)17-13(18)9-19-14-15-7-4-8-16-14/h4,7-8,10-12H,3,5-6,9H2,1-2H3,(H,17,18)/t10-,11+,12+/m0/s1. The van der Waals surface area contributed by atoms with Crippen LogP contribution in [0.15, 0.2) is 23.6 Å². The van der Waals surface area contributed by atoms with Crippen molar-refractivity contribution in [2.24, 2.45) is 11.8 Å². The third-order valence-corrected chi connectivity index (χ3v) is 4.80. The van der Waals surface area contributed by atoms with Gasteiger partial charge in [-0.2, -0.15) is 0 Å². The Morgan fingerprint density at radius 1 is 1.37 bits per heavy atom. The van der Waals surface area contributed by atoms with Crippen LogP contribution in [0.4, 0.5) is 0 Å². The van der Waals surface area contributed by atoms with Crippen LogP contribution in [-0.2, 0) is 4.79 Å². The molecule has 1 amide bonds. The molecule has 0 radical (unpaired) electrons. The second-order valence-corrected chi connectivity index (χ2v) is 6.20. The minimum atomic E-state index is 0.0865. The van der Waals surface area contributed by atoms with Crippen molar-refractivity contribution in [3.05, 3.63) is 18.5 Å². The Hall–Kier alpha value is -1.10. The van der Waals surface area contributed by atoms with E-state index in [0.29, 0.717) is 28.8 Å². The van der Waals surface area contributed by atoms with Crippen molar-refractivity contribution in [1.82, 2.24) is 15.3 Å². The number of amides is 1. The molecule has 0 aromatic carbocycles. The number of thioether (sulfide) groups is 1. The smallest absolute Gasteiger partial charge is 0.230 e. The molecule has 1 aromatic rings. The molecule has 1 aliphatic rings. The molecule has 3 atom stereocenters. The lowest BCUT2D eigenvalue weighted by Crippen LogP contribution is -2.44. The molecule has 1 N–H and O–H groups in total. The molecular weight excluding hydrogens is 258 g/mol. The van der Waals surface area contributed by atoms with Crippen molar-refractivity contribution in [2.75, 3.05) is 5.75 Å². The Balaban J connectivity index is 1.78. The van der Waals surface area contributed by atoms with Gasteiger partial charge in [0.25, 0.3) is 0 Å². The van der Waals surface area contributed by atoms with E-state index in [1.807, 2.05) is 0 Å². The van der Waals surface area contributed by atoms with Crippen molar-refractivity contribution in [3.8, 4) is 0 Å². The first-order valence-corrected chi connectivity index (χ1v) is 7.84. The number of hydrogen-bond acceptors (Lipinski definition) is 4. The van der Waals surface area contributed by atoms with Gasteiger partial charge in [-0.15, -0.1) is 0 Å². The van der Waals surface area contributed by atoms with E-state index >= 15 is 0 Å². The number of hydrogen-bond donors (Lipinski definition) is 1. The van der Waals surface area contributed by atoms with Gasteiger partial charge in [-0.05, 0) is 24.3 Å². The fourth-order valence-electron chi connectivity index (χ4n) is 2.52. The Morgan fingerprint density at radius 3 is 2.84 bits per heavy atom. The molecule has 5 heteroatoms. The van der Waals surface area contributed by atoms with Crippen LogP contribution in [-0.4, -0.2) is 27.7 Å². The van der Waals surface area contributed by atoms with Gasteiger partial charge in [0.15, 0.2) is 5.16 Å². The van der Waals surface area contributed by atoms with Crippen molar-refractivity contribution >= 4 is 17.7 Å². The van der Waals surface area contributed by atoms with Crippen LogP contribution in [0.25, 0.3) is 0 Å². The zero-order valence-corrected chi connectivity index (χ0v) is 12.3. The number of nitrogens with zero attached hydrogens (tertiary/aromatic N) is 2. The van der Waals surface area contributed by atoms with Gasteiger partial charge in [-0.3, -0.25) is 4.79 Å². The van der Waals surface area contributed by atoms with Crippen LogP contribution in [0.2, 0.25) is 0 Å². The van der Waals surface area contributed by atoms with E-state index in [-0.39, 0.29) is 5.91 Å². The summed E-state index contributed by atoms with van der Waals surface area (Å²) in [7, 11) is 0. The summed E-state index contributed by atoms with van der Waals surface area (Å²) in [5, 5.41) is 3.81. The summed E-state index contributed by atoms with van der Waals surface area (Å²) in [6.45, 7) is 4.51. The maximum Gasteiger partial charge on any atom is 0.230 e. The van der Waals surface area contributed by atoms with Crippen LogP contribution in [0, 0.1) is 11.8 Å². The van der Waals surface area contributed by atoms with Crippen molar-refractivity contribution in [1.29, 1.82) is 0 Å². The van der Waals surface area contributed by atoms with Gasteiger partial charge in [-0.25, -0.2) is 9.97 Å². The Labute approximate surface area is 118 Å². The summed E-state index contributed by atoms with van der Waals surface area (Å²) in [6.07, 6.45) is 6.98. The SMILES string of the molecule is C[C@@H]1[C@@H](C)CCC[C@H]1NC(=O)CSc1ncccn1. The van der Waals surface area contributed by atoms with E-state index in [1.54, 1.807) is 18.5 Å². The van der Waals surface area contributed by atoms with E-state index in [4.69, 9.17) is 0 Å². The molecule has 104 valence electrons. The maximum absolute atomic E-state index is 11.9. The highest BCUT2D eigenvalue weighted by atomic mass is 32.2. The molecule has 0 spiro atoms. The van der Waals surface area contributed by atoms with Gasteiger partial charge < -0.3 is 5.32 Å². The van der Waals surface area contributed by atoms with Gasteiger partial charge in [0.05, 0.1) is 5.75 Å². The molecule has 0 unspecified atom stereocenters. The molecule has 1 fully saturated rings. The zero-order valence-electron chi connectivity index (χ0n) is 11.5. The summed E-state index contributed by atoms with van der Waals surface area (Å²) >= 11 is 1.38. The topological polar surface area (TPSA) is 54.9 Å². The quantitative estimate of drug-likeness (QED) is 0.679. The van der Waals surface area contributed by atoms with Crippen LogP contribution in [0.1, 0.15) is 33.1 Å². The van der Waals surface area contributed by atoms with Gasteiger partial charge >= 0.3 is 0 Å². The summed E-state index contributed by atoms with van der Waals surface area (Å²) in [6, 6.07) is 2.10. The number of carbonyl (C=O) groups is 1. The maximum atomic E-state index is 11.9. The molecule has 1 aliphatic carbocycles. The molecule has 1 heterocycles. The van der Waals surface area contributed by atoms with Gasteiger partial charge in [0.1, 0.15) is 0 Å². The third-order valence-electron chi connectivity index (χ3n) is 3.93. The Kier molecular flexibility index (Phi) is 5.19. The first kappa shape index (κ1) is 14.3. The fraction of sp³-hybridized carbons (Fsp3) is 0.643. The van der Waals surface area contributed by atoms with Crippen LogP contribution in [0.3, 0.4) is 0 Å². The van der Waals surface area contributed by atoms with Gasteiger partial charge in [-0.1, -0.05) is 38.5 Å². The summed E-state index contributed by atoms with van der Waals surface area (Å²) in [5.41, 5.74) is 0. The lowest BCUT2D eigenvalue weighted by molar-refractivity contribution is -0.120. The van der Waals surface area contributed by atoms with E-state index in [0.717, 1.165) is 6.42 Å². The number of carbonyl (C=O) groups excluding carboxylic acids is 1. The molecule has 1 aromatic heterocycles. The lowest BCUT2D eigenvalue weighted by Gasteiger charge is -2.34. The average Bonchev–Trinajstić information content (AvgIpc) is 2.43. The number of aromatic nitrogens is 2. The van der Waals surface area contributed by atoms with Crippen LogP contribution >= 0.6 is 11.8 Å². The predicted molar refractivity (Wildman–Crippen MR) is 76.9 cm³/mol. The largest absolute Gasteiger partial charge is 0.352 e. The minimum absolute atomic E-state index is 0.0865. The second-order valence-electron chi connectivity index (χ2n) is 5.26. The summed E-state index contributed by atoms with van der Waals surface area (Å²) in [4.78, 5) is 20.1. The highest BCUT2D eigenvalue weighted by Gasteiger charge is 2.27. The Bertz CT molecular complexity index is 412. The molecule has 2 rings (SSSR count). The minimum Gasteiger partial charge on any atom is -0.352 e. The number of nitrogens with one attached hydrogen (secondary N) is 1.